The average molecular weight is 487 g/mol. The molecule has 2 bridgehead atoms. The summed E-state index contributed by atoms with van der Waals surface area (Å²) in [6.45, 7) is 7.01. The van der Waals surface area contributed by atoms with E-state index in [2.05, 4.69) is 37.6 Å². The fourth-order valence-electron chi connectivity index (χ4n) is 7.75. The van der Waals surface area contributed by atoms with Gasteiger partial charge in [-0.1, -0.05) is 25.0 Å². The van der Waals surface area contributed by atoms with Gasteiger partial charge >= 0.3 is 0 Å². The fraction of sp³-hybridized carbons (Fsp3) is 0.500. The number of hydrogen-bond donors (Lipinski definition) is 2. The predicted molar refractivity (Wildman–Crippen MR) is 137 cm³/mol. The summed E-state index contributed by atoms with van der Waals surface area (Å²) in [5.74, 6) is 6.19. The van der Waals surface area contributed by atoms with Crippen LogP contribution in [0.1, 0.15) is 47.6 Å². The minimum atomic E-state index is -0.998. The summed E-state index contributed by atoms with van der Waals surface area (Å²) in [7, 11) is 3.88. The number of carbonyl (C=O) groups excluding carboxylic acids is 1. The Bertz CT molecular complexity index is 1340. The Labute approximate surface area is 212 Å². The zero-order valence-electron chi connectivity index (χ0n) is 21.6. The lowest BCUT2D eigenvalue weighted by Crippen LogP contribution is -2.79. The number of aryl methyl sites for hydroxylation is 2. The van der Waals surface area contributed by atoms with Crippen molar-refractivity contribution in [3.63, 3.8) is 0 Å². The zero-order valence-corrected chi connectivity index (χ0v) is 21.6. The van der Waals surface area contributed by atoms with Gasteiger partial charge in [0.05, 0.1) is 17.1 Å². The predicted octanol–water partition coefficient (Wildman–Crippen LogP) is 2.92. The minimum Gasteiger partial charge on any atom is -0.504 e. The minimum absolute atomic E-state index is 0.0162. The van der Waals surface area contributed by atoms with Crippen molar-refractivity contribution >= 4 is 5.91 Å². The number of phenols is 1. The first-order valence-corrected chi connectivity index (χ1v) is 12.9. The molecule has 2 aromatic carbocycles. The number of aliphatic hydroxyl groups is 1. The quantitative estimate of drug-likeness (QED) is 0.607. The average Bonchev–Trinajstić information content (AvgIpc) is 3.18. The molecule has 2 heterocycles. The first-order valence-electron chi connectivity index (χ1n) is 12.9. The molecule has 2 N–H and O–H groups in total. The van der Waals surface area contributed by atoms with E-state index in [0.717, 1.165) is 35.2 Å². The number of hydrogen-bond acceptors (Lipinski definition) is 5. The first kappa shape index (κ1) is 23.4. The molecule has 2 aliphatic heterocycles. The molecule has 0 aromatic heterocycles. The van der Waals surface area contributed by atoms with Crippen molar-refractivity contribution in [2.24, 2.45) is 5.92 Å². The highest BCUT2D eigenvalue weighted by Gasteiger charge is 2.74. The molecule has 6 heteroatoms. The molecule has 1 spiro atoms. The monoisotopic (exact) mass is 486 g/mol. The lowest BCUT2D eigenvalue weighted by atomic mass is 9.47. The van der Waals surface area contributed by atoms with Crippen LogP contribution in [0.2, 0.25) is 0 Å². The van der Waals surface area contributed by atoms with Crippen LogP contribution in [0.4, 0.5) is 0 Å². The Balaban J connectivity index is 1.41. The van der Waals surface area contributed by atoms with Crippen molar-refractivity contribution in [1.29, 1.82) is 0 Å². The van der Waals surface area contributed by atoms with Gasteiger partial charge in [-0.05, 0) is 87.5 Å². The molecule has 6 atom stereocenters. The molecule has 1 saturated carbocycles. The number of phenolic OH excluding ortho intramolecular Hbond substituents is 1. The molecule has 2 aliphatic carbocycles. The van der Waals surface area contributed by atoms with Crippen molar-refractivity contribution in [2.45, 2.75) is 69.2 Å². The summed E-state index contributed by atoms with van der Waals surface area (Å²) in [6, 6.07) is 9.31. The van der Waals surface area contributed by atoms with Crippen LogP contribution in [0.5, 0.6) is 11.5 Å². The van der Waals surface area contributed by atoms with Gasteiger partial charge in [0.15, 0.2) is 11.5 Å². The topological polar surface area (TPSA) is 73.2 Å². The summed E-state index contributed by atoms with van der Waals surface area (Å²) in [5.41, 5.74) is 3.57. The van der Waals surface area contributed by atoms with Crippen LogP contribution in [-0.4, -0.2) is 70.3 Å². The Morgan fingerprint density at radius 1 is 1.22 bits per heavy atom. The number of rotatable bonds is 1. The number of likely N-dealkylation sites (tertiary alicyclic amines) is 1. The third-order valence-electron chi connectivity index (χ3n) is 9.64. The van der Waals surface area contributed by atoms with Gasteiger partial charge in [-0.15, -0.1) is 0 Å². The van der Waals surface area contributed by atoms with E-state index in [1.807, 2.05) is 31.2 Å². The second-order valence-electron chi connectivity index (χ2n) is 11.5. The van der Waals surface area contributed by atoms with Gasteiger partial charge < -0.3 is 24.7 Å². The van der Waals surface area contributed by atoms with Gasteiger partial charge in [0.1, 0.15) is 6.10 Å². The molecule has 1 saturated heterocycles. The number of carbonyl (C=O) groups is 1. The number of nitrogens with zero attached hydrogens (tertiary/aromatic N) is 2. The normalized spacial score (nSPS) is 33.7. The third-order valence-corrected chi connectivity index (χ3v) is 9.64. The summed E-state index contributed by atoms with van der Waals surface area (Å²) in [4.78, 5) is 17.4. The summed E-state index contributed by atoms with van der Waals surface area (Å²) < 4.78 is 6.59. The molecule has 188 valence electrons. The Morgan fingerprint density at radius 3 is 2.75 bits per heavy atom. The largest absolute Gasteiger partial charge is 0.504 e. The van der Waals surface area contributed by atoms with E-state index < -0.39 is 17.1 Å². The molecule has 6 rings (SSSR count). The van der Waals surface area contributed by atoms with Gasteiger partial charge in [-0.2, -0.15) is 0 Å². The molecule has 0 radical (unpaired) electrons. The Hall–Kier alpha value is -3.01. The van der Waals surface area contributed by atoms with E-state index in [9.17, 15) is 15.0 Å². The van der Waals surface area contributed by atoms with Gasteiger partial charge in [-0.3, -0.25) is 4.79 Å². The SMILES string of the molecule is Cc1ccc(C#CC(=O)N(C)[C@H]2[C@@H](C)C[C@@]3(O)[C@H]4Cc5ccc(O)c6c5[C@@]3(CCN4C)[C@H]2O6)cc1C. The smallest absolute Gasteiger partial charge is 0.298 e. The molecular formula is C30H34N2O4. The van der Waals surface area contributed by atoms with Crippen LogP contribution in [0.25, 0.3) is 0 Å². The fourth-order valence-corrected chi connectivity index (χ4v) is 7.75. The Morgan fingerprint density at radius 2 is 2.00 bits per heavy atom. The van der Waals surface area contributed by atoms with Crippen LogP contribution in [0.3, 0.4) is 0 Å². The van der Waals surface area contributed by atoms with Crippen LogP contribution >= 0.6 is 0 Å². The molecule has 2 aromatic rings. The molecule has 36 heavy (non-hydrogen) atoms. The number of piperidine rings is 1. The van der Waals surface area contributed by atoms with E-state index in [1.165, 1.54) is 5.56 Å². The molecule has 2 fully saturated rings. The van der Waals surface area contributed by atoms with Gasteiger partial charge in [-0.25, -0.2) is 0 Å². The number of likely N-dealkylation sites (N-methyl/N-ethyl adjacent to an activating group) is 2. The lowest BCUT2D eigenvalue weighted by molar-refractivity contribution is -0.208. The molecule has 4 aliphatic rings. The van der Waals surface area contributed by atoms with E-state index in [4.69, 9.17) is 4.74 Å². The van der Waals surface area contributed by atoms with Gasteiger partial charge in [0, 0.05) is 30.1 Å². The standard InChI is InChI=1S/C30H34N2O4/c1-17-6-7-20(14-18(17)2)8-11-24(34)32(5)26-19(3)16-30(35)23-15-21-9-10-22(33)27-25(21)29(30,28(26)36-27)12-13-31(23)4/h6-7,9-10,14,19,23,26,28,33,35H,12-13,15-16H2,1-5H3/t19-,23+,26-,28-,29-,30+/m0/s1. The van der Waals surface area contributed by atoms with Gasteiger partial charge in [0.25, 0.3) is 5.91 Å². The highest BCUT2D eigenvalue weighted by atomic mass is 16.5. The molecular weight excluding hydrogens is 452 g/mol. The molecule has 0 unspecified atom stereocenters. The van der Waals surface area contributed by atoms with Crippen molar-refractivity contribution in [3.05, 3.63) is 58.1 Å². The van der Waals surface area contributed by atoms with Crippen LogP contribution in [0.15, 0.2) is 30.3 Å². The van der Waals surface area contributed by atoms with Crippen molar-refractivity contribution in [1.82, 2.24) is 9.80 Å². The maximum absolute atomic E-state index is 13.4. The third kappa shape index (κ3) is 2.90. The van der Waals surface area contributed by atoms with Crippen molar-refractivity contribution in [2.75, 3.05) is 20.6 Å². The van der Waals surface area contributed by atoms with Crippen LogP contribution in [-0.2, 0) is 16.6 Å². The first-order chi connectivity index (χ1) is 17.1. The van der Waals surface area contributed by atoms with E-state index in [0.29, 0.717) is 18.6 Å². The zero-order chi connectivity index (χ0) is 25.6. The Kier molecular flexibility index (Phi) is 5.03. The second-order valence-corrected chi connectivity index (χ2v) is 11.5. The summed E-state index contributed by atoms with van der Waals surface area (Å²) >= 11 is 0. The number of aromatic hydroxyl groups is 1. The summed E-state index contributed by atoms with van der Waals surface area (Å²) in [6.07, 6.45) is 1.54. The molecule has 1 amide bonds. The van der Waals surface area contributed by atoms with Crippen molar-refractivity contribution in [3.8, 4) is 23.3 Å². The number of amides is 1. The second kappa shape index (κ2) is 7.74. The van der Waals surface area contributed by atoms with Gasteiger partial charge in [0.2, 0.25) is 0 Å². The maximum Gasteiger partial charge on any atom is 0.298 e. The van der Waals surface area contributed by atoms with Crippen LogP contribution in [0, 0.1) is 31.6 Å². The van der Waals surface area contributed by atoms with Crippen LogP contribution < -0.4 is 4.74 Å². The van der Waals surface area contributed by atoms with Crippen molar-refractivity contribution < 1.29 is 19.7 Å². The summed E-state index contributed by atoms with van der Waals surface area (Å²) in [5, 5.41) is 23.2. The maximum atomic E-state index is 13.4. The lowest BCUT2D eigenvalue weighted by Gasteiger charge is -2.65. The highest BCUT2D eigenvalue weighted by Crippen LogP contribution is 2.66. The van der Waals surface area contributed by atoms with E-state index in [-0.39, 0.29) is 29.7 Å². The molecule has 6 nitrogen and oxygen atoms in total. The number of benzene rings is 2. The highest BCUT2D eigenvalue weighted by molar-refractivity contribution is 5.94. The van der Waals surface area contributed by atoms with E-state index >= 15 is 0 Å². The number of ether oxygens (including phenoxy) is 1. The van der Waals surface area contributed by atoms with E-state index in [1.54, 1.807) is 18.0 Å².